The normalized spacial score (nSPS) is 46.2. The highest BCUT2D eigenvalue weighted by atomic mass is 19.1. The van der Waals surface area contributed by atoms with Crippen LogP contribution in [0.3, 0.4) is 0 Å². The Morgan fingerprint density at radius 2 is 2.03 bits per heavy atom. The minimum Gasteiger partial charge on any atom is -0.390 e. The molecule has 0 aromatic carbocycles. The smallest absolute Gasteiger partial charge is 0.178 e. The maximum atomic E-state index is 17.1. The van der Waals surface area contributed by atoms with E-state index in [0.717, 1.165) is 12.0 Å². The topological polar surface area (TPSA) is 72.8 Å². The molecule has 178 valence electrons. The molecule has 6 heteroatoms. The number of fused-ring (bicyclic) bond motifs is 5. The van der Waals surface area contributed by atoms with Crippen molar-refractivity contribution in [1.82, 2.24) is 0 Å². The molecule has 3 saturated carbocycles. The van der Waals surface area contributed by atoms with E-state index in [-0.39, 0.29) is 48.3 Å². The SMILES string of the molecule is CCO[C@H](C)OCC(=O)[C@H]1[C@H](C)C[C@H]2[C@@H]3CCC4=CC(=O)C=C[C@]4(C)[C@@]3(F)[C@@H](O)C[C@@]21C. The highest BCUT2D eigenvalue weighted by Gasteiger charge is 2.71. The highest BCUT2D eigenvalue weighted by molar-refractivity contribution is 6.01. The van der Waals surface area contributed by atoms with E-state index in [0.29, 0.717) is 19.4 Å². The van der Waals surface area contributed by atoms with Crippen LogP contribution in [0, 0.1) is 34.5 Å². The molecule has 0 amide bonds. The second-order valence-corrected chi connectivity index (χ2v) is 10.8. The van der Waals surface area contributed by atoms with E-state index in [1.54, 1.807) is 19.1 Å². The van der Waals surface area contributed by atoms with Crippen LogP contribution in [-0.2, 0) is 19.1 Å². The molecular formula is C26H37FO5. The first-order valence-corrected chi connectivity index (χ1v) is 12.1. The number of carbonyl (C=O) groups is 2. The third-order valence-electron chi connectivity index (χ3n) is 9.19. The van der Waals surface area contributed by atoms with Crippen molar-refractivity contribution in [2.75, 3.05) is 13.2 Å². The Morgan fingerprint density at radius 3 is 2.72 bits per heavy atom. The number of rotatable bonds is 6. The molecule has 0 radical (unpaired) electrons. The number of hydrogen-bond acceptors (Lipinski definition) is 5. The van der Waals surface area contributed by atoms with Gasteiger partial charge in [-0.15, -0.1) is 0 Å². The lowest BCUT2D eigenvalue weighted by atomic mass is 9.45. The minimum atomic E-state index is -1.85. The molecule has 0 aromatic heterocycles. The van der Waals surface area contributed by atoms with Crippen LogP contribution >= 0.6 is 0 Å². The van der Waals surface area contributed by atoms with Gasteiger partial charge in [0.05, 0.1) is 6.10 Å². The molecule has 9 atom stereocenters. The lowest BCUT2D eigenvalue weighted by molar-refractivity contribution is -0.197. The number of carbonyl (C=O) groups excluding carboxylic acids is 2. The maximum absolute atomic E-state index is 17.1. The van der Waals surface area contributed by atoms with Crippen molar-refractivity contribution in [3.05, 3.63) is 23.8 Å². The molecule has 0 bridgehead atoms. The number of ketones is 2. The van der Waals surface area contributed by atoms with E-state index in [9.17, 15) is 14.7 Å². The standard InChI is InChI=1S/C26H37FO5/c1-6-31-16(3)32-14-21(29)23-15(2)11-20-19-8-7-17-12-18(28)9-10-25(17,5)26(19,27)22(30)13-24(20,23)4/h9-10,12,15-16,19-20,22-23,30H,6-8,11,13-14H2,1-5H3/t15-,16+,19+,20+,22+,23-,24+,25+,26+/m1/s1. The predicted octanol–water partition coefficient (Wildman–Crippen LogP) is 4.19. The van der Waals surface area contributed by atoms with Crippen molar-refractivity contribution in [2.24, 2.45) is 34.5 Å². The predicted molar refractivity (Wildman–Crippen MR) is 118 cm³/mol. The van der Waals surface area contributed by atoms with Crippen molar-refractivity contribution >= 4 is 11.6 Å². The van der Waals surface area contributed by atoms with Crippen molar-refractivity contribution in [3.8, 4) is 0 Å². The largest absolute Gasteiger partial charge is 0.390 e. The molecule has 3 fully saturated rings. The third-order valence-corrected chi connectivity index (χ3v) is 9.19. The van der Waals surface area contributed by atoms with Crippen molar-refractivity contribution in [2.45, 2.75) is 78.4 Å². The lowest BCUT2D eigenvalue weighted by Gasteiger charge is -2.62. The van der Waals surface area contributed by atoms with Crippen LogP contribution in [0.25, 0.3) is 0 Å². The van der Waals surface area contributed by atoms with Gasteiger partial charge in [0.2, 0.25) is 0 Å². The highest BCUT2D eigenvalue weighted by Crippen LogP contribution is 2.69. The van der Waals surface area contributed by atoms with Gasteiger partial charge in [-0.25, -0.2) is 4.39 Å². The second kappa shape index (κ2) is 8.14. The average Bonchev–Trinajstić information content (AvgIpc) is 2.98. The number of allylic oxidation sites excluding steroid dienone is 4. The summed E-state index contributed by atoms with van der Waals surface area (Å²) in [5.41, 5.74) is -2.55. The van der Waals surface area contributed by atoms with Gasteiger partial charge in [0.1, 0.15) is 6.61 Å². The van der Waals surface area contributed by atoms with Gasteiger partial charge in [-0.1, -0.05) is 25.5 Å². The van der Waals surface area contributed by atoms with Gasteiger partial charge in [-0.05, 0) is 75.9 Å². The molecule has 0 spiro atoms. The van der Waals surface area contributed by atoms with Gasteiger partial charge in [0.15, 0.2) is 23.5 Å². The molecule has 4 aliphatic carbocycles. The number of halogens is 1. The first-order chi connectivity index (χ1) is 15.0. The Labute approximate surface area is 190 Å². The van der Waals surface area contributed by atoms with E-state index in [4.69, 9.17) is 9.47 Å². The van der Waals surface area contributed by atoms with Crippen LogP contribution in [-0.4, -0.2) is 47.9 Å². The summed E-state index contributed by atoms with van der Waals surface area (Å²) in [6, 6.07) is 0. The molecule has 0 saturated heterocycles. The summed E-state index contributed by atoms with van der Waals surface area (Å²) >= 11 is 0. The van der Waals surface area contributed by atoms with Gasteiger partial charge < -0.3 is 14.6 Å². The summed E-state index contributed by atoms with van der Waals surface area (Å²) in [7, 11) is 0. The van der Waals surface area contributed by atoms with Crippen LogP contribution in [0.15, 0.2) is 23.8 Å². The fraction of sp³-hybridized carbons (Fsp3) is 0.769. The Balaban J connectivity index is 1.63. The van der Waals surface area contributed by atoms with Gasteiger partial charge in [0, 0.05) is 23.9 Å². The molecule has 4 aliphatic rings. The van der Waals surface area contributed by atoms with E-state index in [1.807, 2.05) is 13.8 Å². The average molecular weight is 449 g/mol. The zero-order valence-corrected chi connectivity index (χ0v) is 19.9. The molecule has 5 nitrogen and oxygen atoms in total. The monoisotopic (exact) mass is 448 g/mol. The Hall–Kier alpha value is -1.37. The van der Waals surface area contributed by atoms with Crippen LogP contribution in [0.2, 0.25) is 0 Å². The first-order valence-electron chi connectivity index (χ1n) is 12.1. The second-order valence-electron chi connectivity index (χ2n) is 10.8. The van der Waals surface area contributed by atoms with E-state index >= 15 is 4.39 Å². The van der Waals surface area contributed by atoms with Crippen molar-refractivity contribution in [3.63, 3.8) is 0 Å². The molecule has 32 heavy (non-hydrogen) atoms. The van der Waals surface area contributed by atoms with Gasteiger partial charge in [-0.2, -0.15) is 0 Å². The summed E-state index contributed by atoms with van der Waals surface area (Å²) in [6.07, 6.45) is 5.23. The minimum absolute atomic E-state index is 0.00596. The van der Waals surface area contributed by atoms with Crippen LogP contribution in [0.1, 0.15) is 60.3 Å². The molecular weight excluding hydrogens is 411 g/mol. The summed E-state index contributed by atoms with van der Waals surface area (Å²) in [5.74, 6) is -0.664. The Bertz CT molecular complexity index is 851. The van der Waals surface area contributed by atoms with Gasteiger partial charge >= 0.3 is 0 Å². The molecule has 1 N–H and O–H groups in total. The maximum Gasteiger partial charge on any atom is 0.178 e. The number of alkyl halides is 1. The number of Topliss-reactive ketones (excluding diaryl/α,β-unsaturated/α-hetero) is 1. The summed E-state index contributed by atoms with van der Waals surface area (Å²) in [6.45, 7) is 10.1. The molecule has 4 rings (SSSR count). The zero-order chi connectivity index (χ0) is 23.5. The molecule has 0 aromatic rings. The Morgan fingerprint density at radius 1 is 1.31 bits per heavy atom. The van der Waals surface area contributed by atoms with E-state index in [1.165, 1.54) is 6.08 Å². The van der Waals surface area contributed by atoms with Crippen molar-refractivity contribution < 1.29 is 28.6 Å². The molecule has 0 heterocycles. The Kier molecular flexibility index (Phi) is 6.05. The lowest BCUT2D eigenvalue weighted by Crippen LogP contribution is -2.66. The van der Waals surface area contributed by atoms with Crippen LogP contribution in [0.5, 0.6) is 0 Å². The summed E-state index contributed by atoms with van der Waals surface area (Å²) in [4.78, 5) is 25.2. The number of aliphatic hydroxyl groups is 1. The third kappa shape index (κ3) is 3.28. The summed E-state index contributed by atoms with van der Waals surface area (Å²) in [5, 5.41) is 11.3. The van der Waals surface area contributed by atoms with Crippen LogP contribution < -0.4 is 0 Å². The van der Waals surface area contributed by atoms with Crippen molar-refractivity contribution in [1.29, 1.82) is 0 Å². The summed E-state index contributed by atoms with van der Waals surface area (Å²) < 4.78 is 28.1. The molecule has 0 unspecified atom stereocenters. The number of ether oxygens (including phenoxy) is 2. The van der Waals surface area contributed by atoms with E-state index in [2.05, 4.69) is 13.8 Å². The quantitative estimate of drug-likeness (QED) is 0.617. The van der Waals surface area contributed by atoms with E-state index < -0.39 is 28.9 Å². The fourth-order valence-corrected chi connectivity index (χ4v) is 7.84. The van der Waals surface area contributed by atoms with Crippen LogP contribution in [0.4, 0.5) is 4.39 Å². The van der Waals surface area contributed by atoms with Gasteiger partial charge in [-0.3, -0.25) is 9.59 Å². The van der Waals surface area contributed by atoms with Gasteiger partial charge in [0.25, 0.3) is 0 Å². The number of aliphatic hydroxyl groups excluding tert-OH is 1. The zero-order valence-electron chi connectivity index (χ0n) is 19.9. The molecule has 0 aliphatic heterocycles. The number of hydrogen-bond donors (Lipinski definition) is 1. The first kappa shape index (κ1) is 23.8. The fourth-order valence-electron chi connectivity index (χ4n) is 7.84.